The van der Waals surface area contributed by atoms with Crippen LogP contribution in [-0.2, 0) is 24.4 Å². The molecule has 0 radical (unpaired) electrons. The zero-order valence-electron chi connectivity index (χ0n) is 22.1. The molecule has 1 atom stereocenters. The summed E-state index contributed by atoms with van der Waals surface area (Å²) in [4.78, 5) is 20.8. The van der Waals surface area contributed by atoms with Crippen LogP contribution in [0.3, 0.4) is 0 Å². The van der Waals surface area contributed by atoms with Gasteiger partial charge >= 0.3 is 0 Å². The number of carbonyl (C=O) groups excluding carboxylic acids is 1. The Morgan fingerprint density at radius 2 is 1.82 bits per heavy atom. The number of halogens is 2. The van der Waals surface area contributed by atoms with Crippen molar-refractivity contribution in [3.8, 4) is 39.5 Å². The van der Waals surface area contributed by atoms with Crippen LogP contribution in [0.2, 0.25) is 10.0 Å². The van der Waals surface area contributed by atoms with Crippen LogP contribution >= 0.6 is 23.2 Å². The third-order valence-corrected chi connectivity index (χ3v) is 8.28. The SMILES string of the molecule is COc1nc(-c2cccc(-c3ccnc(-c4ccc5c(c4)CNC5)c3Cl)c2Cl)ccc1CNC[C@@H]1CCC(=O)N1. The number of fused-ring (bicyclic) bond motifs is 1. The molecule has 4 aromatic rings. The van der Waals surface area contributed by atoms with E-state index < -0.39 is 0 Å². The van der Waals surface area contributed by atoms with Crippen LogP contribution in [0.25, 0.3) is 33.6 Å². The van der Waals surface area contributed by atoms with E-state index in [1.165, 1.54) is 11.1 Å². The van der Waals surface area contributed by atoms with Crippen LogP contribution in [0.5, 0.6) is 5.88 Å². The molecule has 2 aromatic heterocycles. The summed E-state index contributed by atoms with van der Waals surface area (Å²) in [5, 5.41) is 10.9. The Morgan fingerprint density at radius 1 is 1.00 bits per heavy atom. The first kappa shape index (κ1) is 26.7. The summed E-state index contributed by atoms with van der Waals surface area (Å²) in [6, 6.07) is 18.2. The highest BCUT2D eigenvalue weighted by molar-refractivity contribution is 6.39. The maximum absolute atomic E-state index is 11.4. The average molecular weight is 575 g/mol. The van der Waals surface area contributed by atoms with Gasteiger partial charge in [-0.25, -0.2) is 4.98 Å². The third-order valence-electron chi connectivity index (χ3n) is 7.49. The molecule has 0 unspecified atom stereocenters. The van der Waals surface area contributed by atoms with E-state index in [1.807, 2.05) is 36.4 Å². The minimum atomic E-state index is 0.111. The Morgan fingerprint density at radius 3 is 2.65 bits per heavy atom. The van der Waals surface area contributed by atoms with Crippen molar-refractivity contribution in [2.24, 2.45) is 0 Å². The van der Waals surface area contributed by atoms with Crippen molar-refractivity contribution in [2.45, 2.75) is 38.5 Å². The highest BCUT2D eigenvalue weighted by atomic mass is 35.5. The first-order valence-electron chi connectivity index (χ1n) is 13.3. The van der Waals surface area contributed by atoms with Gasteiger partial charge in [-0.15, -0.1) is 0 Å². The maximum Gasteiger partial charge on any atom is 0.220 e. The number of hydrogen-bond donors (Lipinski definition) is 3. The van der Waals surface area contributed by atoms with Gasteiger partial charge in [0.15, 0.2) is 0 Å². The number of pyridine rings is 2. The molecule has 40 heavy (non-hydrogen) atoms. The fourth-order valence-electron chi connectivity index (χ4n) is 5.37. The van der Waals surface area contributed by atoms with Gasteiger partial charge in [0, 0.05) is 72.7 Å². The number of amides is 1. The third kappa shape index (κ3) is 5.30. The minimum absolute atomic E-state index is 0.111. The quantitative estimate of drug-likeness (QED) is 0.248. The molecular weight excluding hydrogens is 545 g/mol. The number of benzene rings is 2. The average Bonchev–Trinajstić information content (AvgIpc) is 3.62. The largest absolute Gasteiger partial charge is 0.481 e. The van der Waals surface area contributed by atoms with Crippen LogP contribution in [0.4, 0.5) is 0 Å². The zero-order valence-corrected chi connectivity index (χ0v) is 23.6. The first-order chi connectivity index (χ1) is 19.5. The summed E-state index contributed by atoms with van der Waals surface area (Å²) in [5.41, 5.74) is 8.30. The normalized spacial score (nSPS) is 16.2. The Hall–Kier alpha value is -3.49. The number of aromatic nitrogens is 2. The van der Waals surface area contributed by atoms with Crippen molar-refractivity contribution < 1.29 is 9.53 Å². The number of rotatable bonds is 8. The van der Waals surface area contributed by atoms with E-state index in [0.717, 1.165) is 53.0 Å². The second kappa shape index (κ2) is 11.6. The molecule has 204 valence electrons. The summed E-state index contributed by atoms with van der Waals surface area (Å²) in [6.45, 7) is 3.00. The highest BCUT2D eigenvalue weighted by Gasteiger charge is 2.21. The number of nitrogens with zero attached hydrogens (tertiary/aromatic N) is 2. The Labute approximate surface area is 243 Å². The van der Waals surface area contributed by atoms with Gasteiger partial charge in [0.1, 0.15) is 0 Å². The van der Waals surface area contributed by atoms with Gasteiger partial charge in [0.05, 0.1) is 28.5 Å². The summed E-state index contributed by atoms with van der Waals surface area (Å²) >= 11 is 14.0. The van der Waals surface area contributed by atoms with Gasteiger partial charge in [0.25, 0.3) is 0 Å². The molecule has 1 saturated heterocycles. The number of ether oxygens (including phenoxy) is 1. The number of methoxy groups -OCH3 is 1. The molecule has 6 rings (SSSR count). The zero-order chi connectivity index (χ0) is 27.6. The molecule has 0 spiro atoms. The smallest absolute Gasteiger partial charge is 0.220 e. The first-order valence-corrected chi connectivity index (χ1v) is 14.1. The predicted molar refractivity (Wildman–Crippen MR) is 158 cm³/mol. The van der Waals surface area contributed by atoms with Crippen molar-refractivity contribution in [3.63, 3.8) is 0 Å². The molecule has 0 aliphatic carbocycles. The Balaban J connectivity index is 1.27. The van der Waals surface area contributed by atoms with E-state index in [9.17, 15) is 4.79 Å². The van der Waals surface area contributed by atoms with Gasteiger partial charge < -0.3 is 20.7 Å². The number of carbonyl (C=O) groups is 1. The van der Waals surface area contributed by atoms with Crippen molar-refractivity contribution in [2.75, 3.05) is 13.7 Å². The number of hydrogen-bond acceptors (Lipinski definition) is 6. The molecule has 2 aliphatic rings. The van der Waals surface area contributed by atoms with Gasteiger partial charge in [-0.1, -0.05) is 59.6 Å². The summed E-state index contributed by atoms with van der Waals surface area (Å²) in [7, 11) is 1.61. The Kier molecular flexibility index (Phi) is 7.71. The van der Waals surface area contributed by atoms with E-state index in [-0.39, 0.29) is 11.9 Å². The lowest BCUT2D eigenvalue weighted by Gasteiger charge is -2.15. The van der Waals surface area contributed by atoms with Crippen LogP contribution in [-0.4, -0.2) is 35.6 Å². The molecule has 2 aromatic carbocycles. The molecule has 1 amide bonds. The van der Waals surface area contributed by atoms with E-state index in [1.54, 1.807) is 13.3 Å². The summed E-state index contributed by atoms with van der Waals surface area (Å²) in [5.74, 6) is 0.636. The van der Waals surface area contributed by atoms with Crippen LogP contribution < -0.4 is 20.7 Å². The molecular formula is C31H29Cl2N5O2. The highest BCUT2D eigenvalue weighted by Crippen LogP contribution is 2.42. The molecule has 2 aliphatic heterocycles. The fraction of sp³-hybridized carbons (Fsp3) is 0.258. The van der Waals surface area contributed by atoms with E-state index in [2.05, 4.69) is 39.1 Å². The fourth-order valence-corrected chi connectivity index (χ4v) is 6.02. The van der Waals surface area contributed by atoms with Gasteiger partial charge in [-0.3, -0.25) is 9.78 Å². The number of nitrogens with one attached hydrogen (secondary N) is 3. The van der Waals surface area contributed by atoms with Crippen molar-refractivity contribution in [1.29, 1.82) is 0 Å². The van der Waals surface area contributed by atoms with E-state index in [0.29, 0.717) is 41.1 Å². The van der Waals surface area contributed by atoms with E-state index >= 15 is 0 Å². The topological polar surface area (TPSA) is 88.2 Å². The molecule has 0 saturated carbocycles. The van der Waals surface area contributed by atoms with E-state index in [4.69, 9.17) is 32.9 Å². The molecule has 1 fully saturated rings. The van der Waals surface area contributed by atoms with Crippen LogP contribution in [0, 0.1) is 0 Å². The molecule has 3 N–H and O–H groups in total. The second-order valence-electron chi connectivity index (χ2n) is 10.1. The molecule has 7 nitrogen and oxygen atoms in total. The summed E-state index contributed by atoms with van der Waals surface area (Å²) in [6.07, 6.45) is 3.21. The second-order valence-corrected chi connectivity index (χ2v) is 10.8. The van der Waals surface area contributed by atoms with Crippen molar-refractivity contribution in [3.05, 3.63) is 87.5 Å². The van der Waals surface area contributed by atoms with Crippen LogP contribution in [0.1, 0.15) is 29.5 Å². The molecule has 9 heteroatoms. The monoisotopic (exact) mass is 573 g/mol. The van der Waals surface area contributed by atoms with Crippen molar-refractivity contribution >= 4 is 29.1 Å². The summed E-state index contributed by atoms with van der Waals surface area (Å²) < 4.78 is 5.62. The lowest BCUT2D eigenvalue weighted by Crippen LogP contribution is -2.35. The lowest BCUT2D eigenvalue weighted by molar-refractivity contribution is -0.119. The molecule has 0 bridgehead atoms. The van der Waals surface area contributed by atoms with Crippen LogP contribution in [0.15, 0.2) is 60.8 Å². The van der Waals surface area contributed by atoms with Gasteiger partial charge in [-0.2, -0.15) is 0 Å². The predicted octanol–water partition coefficient (Wildman–Crippen LogP) is 5.76. The van der Waals surface area contributed by atoms with Crippen molar-refractivity contribution in [1.82, 2.24) is 25.9 Å². The standard InChI is InChI=1S/C31H29Cl2N5O2/c1-40-31-20(15-35-17-22-8-10-27(39)37-22)7-9-26(38-31)25-4-2-3-23(28(25)32)24-11-12-36-30(29(24)33)18-5-6-19-14-34-16-21(19)13-18/h2-7,9,11-13,22,34-35H,8,10,14-17H2,1H3,(H,37,39)/t22-/m0/s1. The van der Waals surface area contributed by atoms with Gasteiger partial charge in [0.2, 0.25) is 11.8 Å². The lowest BCUT2D eigenvalue weighted by atomic mass is 9.98. The van der Waals surface area contributed by atoms with Gasteiger partial charge in [-0.05, 0) is 35.7 Å². The minimum Gasteiger partial charge on any atom is -0.481 e. The molecule has 4 heterocycles. The Bertz CT molecular complexity index is 1590. The maximum atomic E-state index is 11.4.